The van der Waals surface area contributed by atoms with Gasteiger partial charge in [0.15, 0.2) is 0 Å². The molecule has 0 radical (unpaired) electrons. The zero-order chi connectivity index (χ0) is 18.0. The maximum atomic E-state index is 13.0. The minimum Gasteiger partial charge on any atom is -0.468 e. The maximum Gasteiger partial charge on any atom is 0.325 e. The van der Waals surface area contributed by atoms with Crippen molar-refractivity contribution < 1.29 is 27.9 Å². The van der Waals surface area contributed by atoms with Gasteiger partial charge in [0.05, 0.1) is 12.0 Å². The number of benzene rings is 1. The highest BCUT2D eigenvalue weighted by Gasteiger charge is 2.36. The molecule has 2 amide bonds. The summed E-state index contributed by atoms with van der Waals surface area (Å²) in [5, 5.41) is -0.549. The SMILES string of the molecule is COC(=O)CN1C(=O)SC(=Cc2ccc(-c3ccc(F)cc3)o2)C1=O. The molecule has 1 aliphatic heterocycles. The van der Waals surface area contributed by atoms with Crippen LogP contribution in [0.4, 0.5) is 9.18 Å². The van der Waals surface area contributed by atoms with Gasteiger partial charge in [-0.1, -0.05) is 0 Å². The first-order valence-corrected chi connectivity index (χ1v) is 7.97. The van der Waals surface area contributed by atoms with Crippen molar-refractivity contribution in [2.75, 3.05) is 13.7 Å². The molecule has 128 valence electrons. The largest absolute Gasteiger partial charge is 0.468 e. The van der Waals surface area contributed by atoms with Crippen LogP contribution in [0, 0.1) is 5.82 Å². The van der Waals surface area contributed by atoms with Crippen molar-refractivity contribution in [2.45, 2.75) is 0 Å². The summed E-state index contributed by atoms with van der Waals surface area (Å²) in [4.78, 5) is 36.3. The quantitative estimate of drug-likeness (QED) is 0.614. The summed E-state index contributed by atoms with van der Waals surface area (Å²) in [7, 11) is 1.18. The minimum atomic E-state index is -0.680. The number of nitrogens with zero attached hydrogens (tertiary/aromatic N) is 1. The van der Waals surface area contributed by atoms with E-state index in [0.29, 0.717) is 17.1 Å². The highest BCUT2D eigenvalue weighted by atomic mass is 32.2. The Bertz CT molecular complexity index is 871. The zero-order valence-electron chi connectivity index (χ0n) is 13.0. The molecule has 25 heavy (non-hydrogen) atoms. The third-order valence-electron chi connectivity index (χ3n) is 3.42. The number of imide groups is 1. The molecule has 8 heteroatoms. The van der Waals surface area contributed by atoms with Gasteiger partial charge in [-0.25, -0.2) is 4.39 Å². The number of halogens is 1. The number of ether oxygens (including phenoxy) is 1. The summed E-state index contributed by atoms with van der Waals surface area (Å²) in [6.07, 6.45) is 1.43. The lowest BCUT2D eigenvalue weighted by molar-refractivity contribution is -0.143. The summed E-state index contributed by atoms with van der Waals surface area (Å²) in [6, 6.07) is 9.08. The summed E-state index contributed by atoms with van der Waals surface area (Å²) >= 11 is 0.717. The van der Waals surface area contributed by atoms with Crippen molar-refractivity contribution in [2.24, 2.45) is 0 Å². The number of hydrogen-bond acceptors (Lipinski definition) is 6. The van der Waals surface area contributed by atoms with E-state index < -0.39 is 23.7 Å². The van der Waals surface area contributed by atoms with Gasteiger partial charge in [0.25, 0.3) is 11.1 Å². The molecule has 1 aromatic heterocycles. The van der Waals surface area contributed by atoms with Crippen molar-refractivity contribution in [3.63, 3.8) is 0 Å². The number of hydrogen-bond donors (Lipinski definition) is 0. The second-order valence-electron chi connectivity index (χ2n) is 5.05. The van der Waals surface area contributed by atoms with Crippen molar-refractivity contribution >= 4 is 35.0 Å². The fraction of sp³-hybridized carbons (Fsp3) is 0.118. The van der Waals surface area contributed by atoms with Crippen molar-refractivity contribution in [1.29, 1.82) is 0 Å². The van der Waals surface area contributed by atoms with E-state index in [2.05, 4.69) is 4.74 Å². The van der Waals surface area contributed by atoms with Gasteiger partial charge in [-0.3, -0.25) is 19.3 Å². The Balaban J connectivity index is 1.79. The predicted octanol–water partition coefficient (Wildman–Crippen LogP) is 3.30. The first-order valence-electron chi connectivity index (χ1n) is 7.16. The fourth-order valence-electron chi connectivity index (χ4n) is 2.16. The van der Waals surface area contributed by atoms with Gasteiger partial charge in [0.1, 0.15) is 23.9 Å². The molecular weight excluding hydrogens is 349 g/mol. The molecule has 6 nitrogen and oxygen atoms in total. The molecule has 1 saturated heterocycles. The first kappa shape index (κ1) is 17.0. The van der Waals surface area contributed by atoms with Gasteiger partial charge in [0, 0.05) is 11.6 Å². The lowest BCUT2D eigenvalue weighted by Crippen LogP contribution is -2.34. The van der Waals surface area contributed by atoms with Crippen LogP contribution in [0.3, 0.4) is 0 Å². The van der Waals surface area contributed by atoms with Gasteiger partial charge in [-0.05, 0) is 48.2 Å². The van der Waals surface area contributed by atoms with Gasteiger partial charge >= 0.3 is 5.97 Å². The highest BCUT2D eigenvalue weighted by Crippen LogP contribution is 2.33. The number of furan rings is 1. The molecule has 2 heterocycles. The summed E-state index contributed by atoms with van der Waals surface area (Å²) < 4.78 is 23.0. The Kier molecular flexibility index (Phi) is 4.71. The number of rotatable bonds is 4. The number of carbonyl (C=O) groups is 3. The highest BCUT2D eigenvalue weighted by molar-refractivity contribution is 8.18. The van der Waals surface area contributed by atoms with Crippen molar-refractivity contribution in [3.8, 4) is 11.3 Å². The number of esters is 1. The van der Waals surface area contributed by atoms with Crippen LogP contribution in [0.15, 0.2) is 45.7 Å². The third-order valence-corrected chi connectivity index (χ3v) is 4.32. The molecular formula is C17H12FNO5S. The molecule has 3 rings (SSSR count). The number of thioether (sulfide) groups is 1. The van der Waals surface area contributed by atoms with E-state index in [4.69, 9.17) is 4.42 Å². The topological polar surface area (TPSA) is 76.8 Å². The van der Waals surface area contributed by atoms with E-state index in [9.17, 15) is 18.8 Å². The molecule has 2 aromatic rings. The average Bonchev–Trinajstić information content (AvgIpc) is 3.16. The van der Waals surface area contributed by atoms with Gasteiger partial charge < -0.3 is 9.15 Å². The van der Waals surface area contributed by atoms with E-state index in [-0.39, 0.29) is 10.7 Å². The molecule has 0 atom stereocenters. The Labute approximate surface area is 146 Å². The number of amides is 2. The monoisotopic (exact) mass is 361 g/mol. The summed E-state index contributed by atoms with van der Waals surface area (Å²) in [6.45, 7) is -0.433. The minimum absolute atomic E-state index is 0.147. The van der Waals surface area contributed by atoms with E-state index >= 15 is 0 Å². The van der Waals surface area contributed by atoms with Crippen LogP contribution in [0.1, 0.15) is 5.76 Å². The van der Waals surface area contributed by atoms with E-state index in [1.54, 1.807) is 24.3 Å². The van der Waals surface area contributed by atoms with Gasteiger partial charge in [0.2, 0.25) is 0 Å². The third kappa shape index (κ3) is 3.63. The normalized spacial score (nSPS) is 15.9. The van der Waals surface area contributed by atoms with Crippen LogP contribution in [0.2, 0.25) is 0 Å². The van der Waals surface area contributed by atoms with Gasteiger partial charge in [-0.15, -0.1) is 0 Å². The number of carbonyl (C=O) groups excluding carboxylic acids is 3. The molecule has 0 saturated carbocycles. The van der Waals surface area contributed by atoms with E-state index in [1.165, 1.54) is 25.3 Å². The molecule has 0 spiro atoms. The summed E-state index contributed by atoms with van der Waals surface area (Å²) in [5.41, 5.74) is 0.680. The Hall–Kier alpha value is -2.87. The molecule has 0 aliphatic carbocycles. The smallest absolute Gasteiger partial charge is 0.325 e. The number of methoxy groups -OCH3 is 1. The predicted molar refractivity (Wildman–Crippen MR) is 88.8 cm³/mol. The maximum absolute atomic E-state index is 13.0. The second-order valence-corrected chi connectivity index (χ2v) is 6.05. The van der Waals surface area contributed by atoms with Gasteiger partial charge in [-0.2, -0.15) is 0 Å². The molecule has 1 fully saturated rings. The molecule has 0 N–H and O–H groups in total. The Morgan fingerprint density at radius 3 is 2.64 bits per heavy atom. The van der Waals surface area contributed by atoms with Crippen LogP contribution in [0.5, 0.6) is 0 Å². The molecule has 0 unspecified atom stereocenters. The standard InChI is InChI=1S/C17H12FNO5S/c1-23-15(20)9-19-16(21)14(25-17(19)22)8-12-6-7-13(24-12)10-2-4-11(18)5-3-10/h2-8H,9H2,1H3. The van der Waals surface area contributed by atoms with Crippen LogP contribution < -0.4 is 0 Å². The lowest BCUT2D eigenvalue weighted by atomic mass is 10.2. The fourth-order valence-corrected chi connectivity index (χ4v) is 2.98. The van der Waals surface area contributed by atoms with E-state index in [0.717, 1.165) is 16.7 Å². The lowest BCUT2D eigenvalue weighted by Gasteiger charge is -2.09. The van der Waals surface area contributed by atoms with Crippen LogP contribution in [-0.2, 0) is 14.3 Å². The molecule has 0 bridgehead atoms. The van der Waals surface area contributed by atoms with E-state index in [1.807, 2.05) is 0 Å². The second kappa shape index (κ2) is 6.94. The summed E-state index contributed by atoms with van der Waals surface area (Å²) in [5.74, 6) is -0.752. The Morgan fingerprint density at radius 2 is 1.96 bits per heavy atom. The first-order chi connectivity index (χ1) is 12.0. The van der Waals surface area contributed by atoms with Crippen LogP contribution in [-0.4, -0.2) is 35.7 Å². The molecule has 1 aromatic carbocycles. The Morgan fingerprint density at radius 1 is 1.24 bits per heavy atom. The molecule has 1 aliphatic rings. The average molecular weight is 361 g/mol. The van der Waals surface area contributed by atoms with Crippen molar-refractivity contribution in [3.05, 3.63) is 52.9 Å². The van der Waals surface area contributed by atoms with Crippen LogP contribution in [0.25, 0.3) is 17.4 Å². The zero-order valence-corrected chi connectivity index (χ0v) is 13.8. The van der Waals surface area contributed by atoms with Crippen molar-refractivity contribution in [1.82, 2.24) is 4.90 Å². The van der Waals surface area contributed by atoms with Crippen LogP contribution >= 0.6 is 11.8 Å².